The number of nitrogens with one attached hydrogen (secondary N) is 1. The number of rotatable bonds is 4. The standard InChI is InChI=1S/C23H17N3O4/c27-21(24-18-10-11-19-20(14-18)29-13-12-28-19)15-6-8-17(9-7-15)23-26-25-22(30-23)16-4-2-1-3-5-16/h1-11,14H,12-13H2,(H,24,27). The van der Waals surface area contributed by atoms with Crippen LogP contribution in [-0.4, -0.2) is 29.3 Å². The van der Waals surface area contributed by atoms with E-state index in [1.54, 1.807) is 42.5 Å². The lowest BCUT2D eigenvalue weighted by Crippen LogP contribution is -2.16. The highest BCUT2D eigenvalue weighted by molar-refractivity contribution is 6.04. The number of benzene rings is 3. The van der Waals surface area contributed by atoms with E-state index >= 15 is 0 Å². The van der Waals surface area contributed by atoms with Crippen LogP contribution in [0.5, 0.6) is 11.5 Å². The zero-order chi connectivity index (χ0) is 20.3. The van der Waals surface area contributed by atoms with Gasteiger partial charge in [-0.2, -0.15) is 0 Å². The zero-order valence-corrected chi connectivity index (χ0v) is 15.9. The molecule has 4 aromatic rings. The molecule has 0 saturated heterocycles. The summed E-state index contributed by atoms with van der Waals surface area (Å²) in [5.41, 5.74) is 2.74. The molecule has 30 heavy (non-hydrogen) atoms. The van der Waals surface area contributed by atoms with Gasteiger partial charge in [-0.3, -0.25) is 4.79 Å². The zero-order valence-electron chi connectivity index (χ0n) is 15.9. The Balaban J connectivity index is 1.30. The first-order chi connectivity index (χ1) is 14.8. The number of hydrogen-bond acceptors (Lipinski definition) is 6. The van der Waals surface area contributed by atoms with Gasteiger partial charge < -0.3 is 19.2 Å². The predicted molar refractivity (Wildman–Crippen MR) is 111 cm³/mol. The van der Waals surface area contributed by atoms with Gasteiger partial charge in [-0.25, -0.2) is 0 Å². The normalized spacial score (nSPS) is 12.4. The lowest BCUT2D eigenvalue weighted by atomic mass is 10.1. The van der Waals surface area contributed by atoms with Crippen LogP contribution in [0.2, 0.25) is 0 Å². The van der Waals surface area contributed by atoms with Crippen molar-refractivity contribution in [3.63, 3.8) is 0 Å². The molecule has 148 valence electrons. The van der Waals surface area contributed by atoms with Crippen molar-refractivity contribution in [3.8, 4) is 34.4 Å². The molecule has 0 atom stereocenters. The topological polar surface area (TPSA) is 86.5 Å². The summed E-state index contributed by atoms with van der Waals surface area (Å²) in [4.78, 5) is 12.6. The second-order valence-electron chi connectivity index (χ2n) is 6.67. The minimum atomic E-state index is -0.228. The average molecular weight is 399 g/mol. The lowest BCUT2D eigenvalue weighted by Gasteiger charge is -2.19. The van der Waals surface area contributed by atoms with Gasteiger partial charge in [-0.1, -0.05) is 18.2 Å². The van der Waals surface area contributed by atoms with Crippen molar-refractivity contribution < 1.29 is 18.7 Å². The van der Waals surface area contributed by atoms with Crippen LogP contribution < -0.4 is 14.8 Å². The molecule has 1 aliphatic heterocycles. The maximum absolute atomic E-state index is 12.6. The fourth-order valence-electron chi connectivity index (χ4n) is 3.13. The molecule has 0 radical (unpaired) electrons. The molecule has 7 heteroatoms. The SMILES string of the molecule is O=C(Nc1ccc2c(c1)OCCO2)c1ccc(-c2nnc(-c3ccccc3)o2)cc1. The van der Waals surface area contributed by atoms with Crippen LogP contribution in [0, 0.1) is 0 Å². The number of amides is 1. The number of aromatic nitrogens is 2. The predicted octanol–water partition coefficient (Wildman–Crippen LogP) is 4.43. The summed E-state index contributed by atoms with van der Waals surface area (Å²) in [7, 11) is 0. The second kappa shape index (κ2) is 7.71. The third-order valence-corrected chi connectivity index (χ3v) is 4.64. The fourth-order valence-corrected chi connectivity index (χ4v) is 3.13. The first kappa shape index (κ1) is 17.9. The smallest absolute Gasteiger partial charge is 0.255 e. The molecule has 7 nitrogen and oxygen atoms in total. The lowest BCUT2D eigenvalue weighted by molar-refractivity contribution is 0.102. The van der Waals surface area contributed by atoms with Crippen LogP contribution in [0.4, 0.5) is 5.69 Å². The molecule has 0 bridgehead atoms. The van der Waals surface area contributed by atoms with E-state index in [-0.39, 0.29) is 5.91 Å². The third kappa shape index (κ3) is 3.60. The van der Waals surface area contributed by atoms with Crippen molar-refractivity contribution in [2.75, 3.05) is 18.5 Å². The Bertz CT molecular complexity index is 1190. The summed E-state index contributed by atoms with van der Waals surface area (Å²) in [5.74, 6) is 1.92. The van der Waals surface area contributed by atoms with Crippen molar-refractivity contribution in [2.45, 2.75) is 0 Å². The molecular weight excluding hydrogens is 382 g/mol. The maximum Gasteiger partial charge on any atom is 0.255 e. The van der Waals surface area contributed by atoms with Crippen LogP contribution >= 0.6 is 0 Å². The molecule has 0 fully saturated rings. The molecule has 0 spiro atoms. The fraction of sp³-hybridized carbons (Fsp3) is 0.0870. The van der Waals surface area contributed by atoms with E-state index in [1.165, 1.54) is 0 Å². The van der Waals surface area contributed by atoms with Crippen LogP contribution in [0.25, 0.3) is 22.9 Å². The molecule has 5 rings (SSSR count). The Morgan fingerprint density at radius 3 is 2.17 bits per heavy atom. The Morgan fingerprint density at radius 2 is 1.43 bits per heavy atom. The van der Waals surface area contributed by atoms with Gasteiger partial charge in [0.25, 0.3) is 5.91 Å². The van der Waals surface area contributed by atoms with Crippen LogP contribution in [0.15, 0.2) is 77.2 Å². The molecule has 0 saturated carbocycles. The summed E-state index contributed by atoms with van der Waals surface area (Å²) in [6.45, 7) is 1.02. The number of anilines is 1. The van der Waals surface area contributed by atoms with Gasteiger partial charge in [0.15, 0.2) is 11.5 Å². The van der Waals surface area contributed by atoms with E-state index < -0.39 is 0 Å². The van der Waals surface area contributed by atoms with Gasteiger partial charge in [0.2, 0.25) is 11.8 Å². The van der Waals surface area contributed by atoms with Crippen LogP contribution in [0.1, 0.15) is 10.4 Å². The van der Waals surface area contributed by atoms with Crippen molar-refractivity contribution in [1.29, 1.82) is 0 Å². The second-order valence-corrected chi connectivity index (χ2v) is 6.67. The third-order valence-electron chi connectivity index (χ3n) is 4.64. The number of ether oxygens (including phenoxy) is 2. The molecular formula is C23H17N3O4. The molecule has 1 N–H and O–H groups in total. The summed E-state index contributed by atoms with van der Waals surface area (Å²) < 4.78 is 16.8. The van der Waals surface area contributed by atoms with Crippen molar-refractivity contribution in [2.24, 2.45) is 0 Å². The molecule has 0 unspecified atom stereocenters. The van der Waals surface area contributed by atoms with Gasteiger partial charge in [-0.15, -0.1) is 10.2 Å². The summed E-state index contributed by atoms with van der Waals surface area (Å²) in [5, 5.41) is 11.1. The van der Waals surface area contributed by atoms with Gasteiger partial charge in [0.1, 0.15) is 13.2 Å². The highest BCUT2D eigenvalue weighted by Crippen LogP contribution is 2.32. The number of carbonyl (C=O) groups excluding carboxylic acids is 1. The number of nitrogens with zero attached hydrogens (tertiary/aromatic N) is 2. The van der Waals surface area contributed by atoms with E-state index in [0.717, 1.165) is 11.1 Å². The van der Waals surface area contributed by atoms with E-state index in [9.17, 15) is 4.79 Å². The number of fused-ring (bicyclic) bond motifs is 1. The largest absolute Gasteiger partial charge is 0.486 e. The quantitative estimate of drug-likeness (QED) is 0.546. The summed E-state index contributed by atoms with van der Waals surface area (Å²) in [6.07, 6.45) is 0. The summed E-state index contributed by atoms with van der Waals surface area (Å²) in [6, 6.07) is 21.9. The average Bonchev–Trinajstić information content (AvgIpc) is 3.30. The number of hydrogen-bond donors (Lipinski definition) is 1. The van der Waals surface area contributed by atoms with Crippen LogP contribution in [0.3, 0.4) is 0 Å². The molecule has 0 aliphatic carbocycles. The first-order valence-corrected chi connectivity index (χ1v) is 9.47. The Hall–Kier alpha value is -4.13. The minimum Gasteiger partial charge on any atom is -0.486 e. The Morgan fingerprint density at radius 1 is 0.767 bits per heavy atom. The van der Waals surface area contributed by atoms with Crippen LogP contribution in [-0.2, 0) is 0 Å². The van der Waals surface area contributed by atoms with Gasteiger partial charge >= 0.3 is 0 Å². The minimum absolute atomic E-state index is 0.228. The molecule has 3 aromatic carbocycles. The van der Waals surface area contributed by atoms with Gasteiger partial charge in [0, 0.05) is 28.4 Å². The monoisotopic (exact) mass is 399 g/mol. The first-order valence-electron chi connectivity index (χ1n) is 9.47. The van der Waals surface area contributed by atoms with E-state index in [1.807, 2.05) is 30.3 Å². The van der Waals surface area contributed by atoms with Gasteiger partial charge in [0.05, 0.1) is 0 Å². The van der Waals surface area contributed by atoms with Crippen molar-refractivity contribution in [3.05, 3.63) is 78.4 Å². The number of carbonyl (C=O) groups is 1. The molecule has 1 aromatic heterocycles. The summed E-state index contributed by atoms with van der Waals surface area (Å²) >= 11 is 0. The Kier molecular flexibility index (Phi) is 4.61. The highest BCUT2D eigenvalue weighted by atomic mass is 16.6. The molecule has 1 amide bonds. The van der Waals surface area contributed by atoms with E-state index in [2.05, 4.69) is 15.5 Å². The van der Waals surface area contributed by atoms with E-state index in [4.69, 9.17) is 13.9 Å². The molecule has 1 aliphatic rings. The van der Waals surface area contributed by atoms with Crippen molar-refractivity contribution in [1.82, 2.24) is 10.2 Å². The van der Waals surface area contributed by atoms with E-state index in [0.29, 0.717) is 47.7 Å². The van der Waals surface area contributed by atoms with Gasteiger partial charge in [-0.05, 0) is 48.5 Å². The Labute approximate surface area is 172 Å². The van der Waals surface area contributed by atoms with Crippen molar-refractivity contribution >= 4 is 11.6 Å². The molecule has 2 heterocycles. The highest BCUT2D eigenvalue weighted by Gasteiger charge is 2.14. The maximum atomic E-state index is 12.6.